The van der Waals surface area contributed by atoms with Crippen molar-refractivity contribution in [2.24, 2.45) is 5.92 Å². The van der Waals surface area contributed by atoms with Crippen molar-refractivity contribution in [3.05, 3.63) is 82.4 Å². The molecule has 0 unspecified atom stereocenters. The molecule has 0 radical (unpaired) electrons. The van der Waals surface area contributed by atoms with E-state index in [4.69, 9.17) is 4.74 Å². The number of hydrogen-bond donors (Lipinski definition) is 1. The molecule has 0 fully saturated rings. The van der Waals surface area contributed by atoms with Crippen molar-refractivity contribution in [3.8, 4) is 11.4 Å². The summed E-state index contributed by atoms with van der Waals surface area (Å²) in [5.74, 6) is 0.665. The lowest BCUT2D eigenvalue weighted by molar-refractivity contribution is -0.116. The number of fused-ring (bicyclic) bond motifs is 1. The molecule has 34 heavy (non-hydrogen) atoms. The summed E-state index contributed by atoms with van der Waals surface area (Å²) in [6, 6.07) is 11.8. The second-order valence-corrected chi connectivity index (χ2v) is 8.24. The number of anilines is 1. The van der Waals surface area contributed by atoms with Gasteiger partial charge in [0, 0.05) is 36.6 Å². The molecule has 2 heterocycles. The SMILES string of the molecule is CCOc1ccc(-n2ccn3c(C[C@H](C)CC(=O)Nc4ccc(C)c(F)c4)nnc3c2=O)cc1. The largest absolute Gasteiger partial charge is 0.494 e. The van der Waals surface area contributed by atoms with Crippen LogP contribution in [0.25, 0.3) is 11.3 Å². The zero-order chi connectivity index (χ0) is 24.2. The van der Waals surface area contributed by atoms with Crippen LogP contribution in [-0.2, 0) is 11.2 Å². The molecule has 4 aromatic rings. The number of amides is 1. The Morgan fingerprint density at radius 1 is 1.15 bits per heavy atom. The molecule has 2 aromatic heterocycles. The van der Waals surface area contributed by atoms with E-state index in [1.54, 1.807) is 48.0 Å². The molecular weight excluding hydrogens is 437 g/mol. The number of rotatable bonds is 8. The number of benzene rings is 2. The number of carbonyl (C=O) groups excluding carboxylic acids is 1. The number of ether oxygens (including phenoxy) is 1. The van der Waals surface area contributed by atoms with Gasteiger partial charge >= 0.3 is 5.56 Å². The average Bonchev–Trinajstić information content (AvgIpc) is 3.21. The molecule has 8 nitrogen and oxygen atoms in total. The van der Waals surface area contributed by atoms with Crippen LogP contribution in [0.15, 0.2) is 59.7 Å². The Bertz CT molecular complexity index is 1380. The summed E-state index contributed by atoms with van der Waals surface area (Å²) in [6.07, 6.45) is 4.07. The smallest absolute Gasteiger partial charge is 0.300 e. The molecule has 1 amide bonds. The predicted octanol–water partition coefficient (Wildman–Crippen LogP) is 3.93. The highest BCUT2D eigenvalue weighted by atomic mass is 19.1. The van der Waals surface area contributed by atoms with E-state index in [1.165, 1.54) is 10.6 Å². The van der Waals surface area contributed by atoms with Gasteiger partial charge in [0.2, 0.25) is 11.6 Å². The Kier molecular flexibility index (Phi) is 6.72. The second kappa shape index (κ2) is 9.86. The van der Waals surface area contributed by atoms with E-state index < -0.39 is 0 Å². The number of carbonyl (C=O) groups is 1. The van der Waals surface area contributed by atoms with Gasteiger partial charge in [0.1, 0.15) is 17.4 Å². The molecule has 0 aliphatic heterocycles. The van der Waals surface area contributed by atoms with Crippen LogP contribution >= 0.6 is 0 Å². The van der Waals surface area contributed by atoms with Crippen molar-refractivity contribution >= 4 is 17.2 Å². The molecule has 0 aliphatic carbocycles. The summed E-state index contributed by atoms with van der Waals surface area (Å²) < 4.78 is 22.3. The third-order valence-electron chi connectivity index (χ3n) is 5.49. The van der Waals surface area contributed by atoms with Crippen molar-refractivity contribution in [2.75, 3.05) is 11.9 Å². The summed E-state index contributed by atoms with van der Waals surface area (Å²) in [6.45, 7) is 6.06. The van der Waals surface area contributed by atoms with Gasteiger partial charge in [-0.3, -0.25) is 18.6 Å². The number of aromatic nitrogens is 4. The lowest BCUT2D eigenvalue weighted by atomic mass is 10.0. The van der Waals surface area contributed by atoms with Crippen molar-refractivity contribution in [1.82, 2.24) is 19.2 Å². The highest BCUT2D eigenvalue weighted by Crippen LogP contribution is 2.17. The fourth-order valence-electron chi connectivity index (χ4n) is 3.73. The maximum atomic E-state index is 13.7. The van der Waals surface area contributed by atoms with Gasteiger partial charge < -0.3 is 10.1 Å². The van der Waals surface area contributed by atoms with E-state index in [9.17, 15) is 14.0 Å². The molecule has 0 bridgehead atoms. The van der Waals surface area contributed by atoms with Gasteiger partial charge in [-0.1, -0.05) is 13.0 Å². The number of halogens is 1. The zero-order valence-corrected chi connectivity index (χ0v) is 19.3. The summed E-state index contributed by atoms with van der Waals surface area (Å²) >= 11 is 0. The monoisotopic (exact) mass is 463 g/mol. The normalized spacial score (nSPS) is 12.0. The molecule has 0 saturated carbocycles. The second-order valence-electron chi connectivity index (χ2n) is 8.24. The molecule has 4 rings (SSSR count). The lowest BCUT2D eigenvalue weighted by Gasteiger charge is -2.12. The molecule has 176 valence electrons. The molecule has 0 saturated heterocycles. The lowest BCUT2D eigenvalue weighted by Crippen LogP contribution is -2.21. The summed E-state index contributed by atoms with van der Waals surface area (Å²) in [4.78, 5) is 25.4. The van der Waals surface area contributed by atoms with Gasteiger partial charge in [0.25, 0.3) is 0 Å². The van der Waals surface area contributed by atoms with Gasteiger partial charge in [-0.2, -0.15) is 0 Å². The minimum Gasteiger partial charge on any atom is -0.494 e. The molecule has 0 spiro atoms. The molecule has 1 N–H and O–H groups in total. The van der Waals surface area contributed by atoms with Crippen LogP contribution in [0.4, 0.5) is 10.1 Å². The number of hydrogen-bond acceptors (Lipinski definition) is 5. The Morgan fingerprint density at radius 3 is 2.62 bits per heavy atom. The fraction of sp³-hybridized carbons (Fsp3) is 0.280. The van der Waals surface area contributed by atoms with Crippen LogP contribution in [0.3, 0.4) is 0 Å². The molecular formula is C25H26FN5O3. The first-order valence-electron chi connectivity index (χ1n) is 11.1. The first kappa shape index (κ1) is 23.2. The summed E-state index contributed by atoms with van der Waals surface area (Å²) in [5, 5.41) is 11.0. The summed E-state index contributed by atoms with van der Waals surface area (Å²) in [7, 11) is 0. The molecule has 2 aromatic carbocycles. The first-order chi connectivity index (χ1) is 16.4. The highest BCUT2D eigenvalue weighted by molar-refractivity contribution is 5.90. The quantitative estimate of drug-likeness (QED) is 0.428. The van der Waals surface area contributed by atoms with E-state index in [0.717, 1.165) is 5.75 Å². The fourth-order valence-corrected chi connectivity index (χ4v) is 3.73. The maximum Gasteiger partial charge on any atom is 0.300 e. The van der Waals surface area contributed by atoms with Crippen molar-refractivity contribution in [3.63, 3.8) is 0 Å². The Balaban J connectivity index is 1.46. The first-order valence-corrected chi connectivity index (χ1v) is 11.1. The zero-order valence-electron chi connectivity index (χ0n) is 19.3. The van der Waals surface area contributed by atoms with E-state index in [1.807, 2.05) is 26.0 Å². The van der Waals surface area contributed by atoms with Crippen molar-refractivity contribution in [2.45, 2.75) is 33.6 Å². The number of nitrogens with one attached hydrogen (secondary N) is 1. The van der Waals surface area contributed by atoms with E-state index in [2.05, 4.69) is 15.5 Å². The Morgan fingerprint density at radius 2 is 1.91 bits per heavy atom. The van der Waals surface area contributed by atoms with Crippen molar-refractivity contribution < 1.29 is 13.9 Å². The van der Waals surface area contributed by atoms with Crippen LogP contribution in [0.1, 0.15) is 31.7 Å². The van der Waals surface area contributed by atoms with Gasteiger partial charge in [0.05, 0.1) is 6.61 Å². The standard InChI is InChI=1S/C25H26FN5O3/c1-4-34-20-9-7-19(8-10-20)30-11-12-31-22(28-29-24(31)25(30)33)13-16(2)14-23(32)27-18-6-5-17(3)21(26)15-18/h5-12,15-16H,4,13-14H2,1-3H3,(H,27,32)/t16-/m0/s1. The van der Waals surface area contributed by atoms with Gasteiger partial charge in [-0.05, 0) is 61.7 Å². The number of nitrogens with zero attached hydrogens (tertiary/aromatic N) is 4. The van der Waals surface area contributed by atoms with E-state index in [-0.39, 0.29) is 35.3 Å². The van der Waals surface area contributed by atoms with Gasteiger partial charge in [0.15, 0.2) is 0 Å². The average molecular weight is 464 g/mol. The van der Waals surface area contributed by atoms with Crippen LogP contribution in [0.5, 0.6) is 5.75 Å². The Labute approximate surface area is 196 Å². The van der Waals surface area contributed by atoms with E-state index >= 15 is 0 Å². The summed E-state index contributed by atoms with van der Waals surface area (Å²) in [5.41, 5.74) is 1.54. The minimum atomic E-state index is -0.364. The highest BCUT2D eigenvalue weighted by Gasteiger charge is 2.17. The minimum absolute atomic E-state index is 0.0729. The van der Waals surface area contributed by atoms with Crippen LogP contribution in [0, 0.1) is 18.7 Å². The number of aryl methyl sites for hydroxylation is 1. The van der Waals surface area contributed by atoms with E-state index in [0.29, 0.717) is 35.8 Å². The third-order valence-corrected chi connectivity index (χ3v) is 5.49. The van der Waals surface area contributed by atoms with Crippen LogP contribution in [0.2, 0.25) is 0 Å². The molecule has 9 heteroatoms. The molecule has 1 atom stereocenters. The van der Waals surface area contributed by atoms with Crippen molar-refractivity contribution in [1.29, 1.82) is 0 Å². The maximum absolute atomic E-state index is 13.7. The third kappa shape index (κ3) is 4.98. The van der Waals surface area contributed by atoms with Gasteiger partial charge in [-0.25, -0.2) is 4.39 Å². The topological polar surface area (TPSA) is 90.5 Å². The van der Waals surface area contributed by atoms with Crippen LogP contribution < -0.4 is 15.6 Å². The van der Waals surface area contributed by atoms with Gasteiger partial charge in [-0.15, -0.1) is 10.2 Å². The molecule has 0 aliphatic rings. The Hall–Kier alpha value is -4.01. The van der Waals surface area contributed by atoms with Crippen LogP contribution in [-0.4, -0.2) is 31.7 Å². The predicted molar refractivity (Wildman–Crippen MR) is 127 cm³/mol.